The number of carbonyl (C=O) groups is 2. The number of fused-ring (bicyclic) bond motifs is 1. The van der Waals surface area contributed by atoms with Crippen LogP contribution in [0, 0.1) is 0 Å². The Hall–Kier alpha value is -3.04. The van der Waals surface area contributed by atoms with Gasteiger partial charge in [0.25, 0.3) is 0 Å². The molecule has 9 heteroatoms. The van der Waals surface area contributed by atoms with Crippen LogP contribution in [0.4, 0.5) is 5.69 Å². The quantitative estimate of drug-likeness (QED) is 0.410. The Labute approximate surface area is 201 Å². The summed E-state index contributed by atoms with van der Waals surface area (Å²) >= 11 is 0. The van der Waals surface area contributed by atoms with Crippen LogP contribution in [0.2, 0.25) is 0 Å². The molecule has 0 radical (unpaired) electrons. The van der Waals surface area contributed by atoms with Gasteiger partial charge in [-0.2, -0.15) is 4.31 Å². The first-order chi connectivity index (χ1) is 16.2. The molecule has 0 bridgehead atoms. The van der Waals surface area contributed by atoms with Crippen LogP contribution >= 0.6 is 0 Å². The van der Waals surface area contributed by atoms with E-state index in [0.29, 0.717) is 36.3 Å². The predicted molar refractivity (Wildman–Crippen MR) is 134 cm³/mol. The smallest absolute Gasteiger partial charge is 0.243 e. The number of rotatable bonds is 11. The molecule has 34 heavy (non-hydrogen) atoms. The summed E-state index contributed by atoms with van der Waals surface area (Å²) in [4.78, 5) is 28.8. The number of amides is 1. The molecule has 3 rings (SSSR count). The number of aryl methyl sites for hydroxylation is 2. The number of ketones is 1. The standard InChI is InChI=1S/C25H32N4O4S/c1-5-16-29-23-13-12-21(34(32,33)28(6-2)7-3)17-22(23)27-24(29)14-15-25(31)26-20-10-8-19(9-11-20)18(4)30/h8-13,17H,5-7,14-16H2,1-4H3,(H,26,31). The number of nitrogens with zero attached hydrogens (tertiary/aromatic N) is 3. The second kappa shape index (κ2) is 10.9. The first-order valence-electron chi connectivity index (χ1n) is 11.6. The fourth-order valence-corrected chi connectivity index (χ4v) is 5.41. The number of Topliss-reactive ketones (excluding diaryl/α,β-unsaturated/α-hetero) is 1. The van der Waals surface area contributed by atoms with Crippen molar-refractivity contribution in [3.05, 3.63) is 53.9 Å². The fourth-order valence-electron chi connectivity index (χ4n) is 3.93. The number of nitrogens with one attached hydrogen (secondary N) is 1. The van der Waals surface area contributed by atoms with Gasteiger partial charge in [0.2, 0.25) is 15.9 Å². The molecule has 3 aromatic rings. The summed E-state index contributed by atoms with van der Waals surface area (Å²) in [6, 6.07) is 11.8. The summed E-state index contributed by atoms with van der Waals surface area (Å²) < 4.78 is 29.3. The van der Waals surface area contributed by atoms with Crippen LogP contribution in [0.3, 0.4) is 0 Å². The molecule has 8 nitrogen and oxygen atoms in total. The zero-order valence-corrected chi connectivity index (χ0v) is 21.0. The van der Waals surface area contributed by atoms with Crippen molar-refractivity contribution in [2.24, 2.45) is 0 Å². The lowest BCUT2D eigenvalue weighted by Gasteiger charge is -2.18. The first-order valence-corrected chi connectivity index (χ1v) is 13.0. The van der Waals surface area contributed by atoms with Crippen molar-refractivity contribution < 1.29 is 18.0 Å². The molecule has 1 heterocycles. The van der Waals surface area contributed by atoms with Crippen LogP contribution in [0.5, 0.6) is 0 Å². The molecule has 0 aliphatic rings. The van der Waals surface area contributed by atoms with Crippen molar-refractivity contribution >= 4 is 38.4 Å². The van der Waals surface area contributed by atoms with Gasteiger partial charge in [0.05, 0.1) is 15.9 Å². The summed E-state index contributed by atoms with van der Waals surface area (Å²) in [5.41, 5.74) is 2.68. The lowest BCUT2D eigenvalue weighted by Crippen LogP contribution is -2.30. The second-order valence-electron chi connectivity index (χ2n) is 8.10. The number of hydrogen-bond acceptors (Lipinski definition) is 5. The molecule has 0 saturated carbocycles. The van der Waals surface area contributed by atoms with Gasteiger partial charge in [0, 0.05) is 43.7 Å². The molecule has 1 N–H and O–H groups in total. The Morgan fingerprint density at radius 2 is 1.71 bits per heavy atom. The van der Waals surface area contributed by atoms with Crippen LogP contribution in [0.15, 0.2) is 47.4 Å². The van der Waals surface area contributed by atoms with E-state index in [2.05, 4.69) is 21.8 Å². The van der Waals surface area contributed by atoms with Crippen molar-refractivity contribution in [3.8, 4) is 0 Å². The van der Waals surface area contributed by atoms with E-state index in [9.17, 15) is 18.0 Å². The van der Waals surface area contributed by atoms with Crippen LogP contribution in [-0.4, -0.2) is 47.1 Å². The lowest BCUT2D eigenvalue weighted by molar-refractivity contribution is -0.116. The van der Waals surface area contributed by atoms with Crippen LogP contribution in [-0.2, 0) is 27.8 Å². The van der Waals surface area contributed by atoms with E-state index < -0.39 is 10.0 Å². The zero-order chi connectivity index (χ0) is 24.9. The van der Waals surface area contributed by atoms with Crippen LogP contribution in [0.1, 0.15) is 56.7 Å². The molecule has 0 atom stereocenters. The zero-order valence-electron chi connectivity index (χ0n) is 20.2. The van der Waals surface area contributed by atoms with Gasteiger partial charge in [-0.25, -0.2) is 13.4 Å². The third kappa shape index (κ3) is 5.53. The minimum atomic E-state index is -3.58. The Balaban J connectivity index is 1.80. The van der Waals surface area contributed by atoms with Gasteiger partial charge in [-0.1, -0.05) is 20.8 Å². The molecule has 2 aromatic carbocycles. The average Bonchev–Trinajstić information content (AvgIpc) is 3.15. The molecular formula is C25H32N4O4S. The number of aromatic nitrogens is 2. The second-order valence-corrected chi connectivity index (χ2v) is 10.0. The molecule has 0 spiro atoms. The normalized spacial score (nSPS) is 11.8. The highest BCUT2D eigenvalue weighted by Gasteiger charge is 2.23. The summed E-state index contributed by atoms with van der Waals surface area (Å²) in [5, 5.41) is 2.85. The summed E-state index contributed by atoms with van der Waals surface area (Å²) in [5.74, 6) is 0.563. The van der Waals surface area contributed by atoms with Crippen LogP contribution in [0.25, 0.3) is 11.0 Å². The van der Waals surface area contributed by atoms with Gasteiger partial charge in [-0.3, -0.25) is 9.59 Å². The van der Waals surface area contributed by atoms with E-state index in [-0.39, 0.29) is 23.0 Å². The Morgan fingerprint density at radius 1 is 1.03 bits per heavy atom. The van der Waals surface area contributed by atoms with E-state index in [1.807, 2.05) is 13.8 Å². The highest BCUT2D eigenvalue weighted by atomic mass is 32.2. The number of hydrogen-bond donors (Lipinski definition) is 1. The van der Waals surface area contributed by atoms with Crippen molar-refractivity contribution in [1.82, 2.24) is 13.9 Å². The minimum Gasteiger partial charge on any atom is -0.328 e. The van der Waals surface area contributed by atoms with E-state index in [1.54, 1.807) is 42.5 Å². The van der Waals surface area contributed by atoms with Crippen molar-refractivity contribution in [3.63, 3.8) is 0 Å². The Bertz CT molecular complexity index is 1280. The molecule has 1 aromatic heterocycles. The summed E-state index contributed by atoms with van der Waals surface area (Å²) in [6.45, 7) is 8.72. The number of anilines is 1. The van der Waals surface area contributed by atoms with Crippen LogP contribution < -0.4 is 5.32 Å². The average molecular weight is 485 g/mol. The van der Waals surface area contributed by atoms with Gasteiger partial charge >= 0.3 is 0 Å². The van der Waals surface area contributed by atoms with Gasteiger partial charge in [-0.15, -0.1) is 0 Å². The third-order valence-electron chi connectivity index (χ3n) is 5.74. The fraction of sp³-hybridized carbons (Fsp3) is 0.400. The number of benzene rings is 2. The molecule has 0 unspecified atom stereocenters. The summed E-state index contributed by atoms with van der Waals surface area (Å²) in [6.07, 6.45) is 1.53. The maximum atomic E-state index is 12.9. The molecule has 0 saturated heterocycles. The van der Waals surface area contributed by atoms with Crippen molar-refractivity contribution in [2.45, 2.75) is 58.4 Å². The van der Waals surface area contributed by atoms with E-state index in [4.69, 9.17) is 0 Å². The number of sulfonamides is 1. The molecule has 0 aliphatic carbocycles. The monoisotopic (exact) mass is 484 g/mol. The maximum Gasteiger partial charge on any atom is 0.243 e. The van der Waals surface area contributed by atoms with Crippen molar-refractivity contribution in [1.29, 1.82) is 0 Å². The highest BCUT2D eigenvalue weighted by Crippen LogP contribution is 2.24. The Morgan fingerprint density at radius 3 is 2.29 bits per heavy atom. The molecule has 0 aliphatic heterocycles. The predicted octanol–water partition coefficient (Wildman–Crippen LogP) is 4.25. The number of carbonyl (C=O) groups excluding carboxylic acids is 2. The molecule has 1 amide bonds. The van der Waals surface area contributed by atoms with Gasteiger partial charge in [0.15, 0.2) is 5.78 Å². The van der Waals surface area contributed by atoms with E-state index in [1.165, 1.54) is 11.2 Å². The minimum absolute atomic E-state index is 0.0271. The SMILES string of the molecule is CCCn1c(CCC(=O)Nc2ccc(C(C)=O)cc2)nc2cc(S(=O)(=O)N(CC)CC)ccc21. The molecular weight excluding hydrogens is 452 g/mol. The molecule has 182 valence electrons. The Kier molecular flexibility index (Phi) is 8.22. The van der Waals surface area contributed by atoms with Gasteiger partial charge in [0.1, 0.15) is 5.82 Å². The largest absolute Gasteiger partial charge is 0.328 e. The lowest BCUT2D eigenvalue weighted by atomic mass is 10.1. The first kappa shape index (κ1) is 25.6. The topological polar surface area (TPSA) is 101 Å². The van der Waals surface area contributed by atoms with Gasteiger partial charge < -0.3 is 9.88 Å². The highest BCUT2D eigenvalue weighted by molar-refractivity contribution is 7.89. The van der Waals surface area contributed by atoms with E-state index in [0.717, 1.165) is 24.3 Å². The van der Waals surface area contributed by atoms with Crippen molar-refractivity contribution in [2.75, 3.05) is 18.4 Å². The maximum absolute atomic E-state index is 12.9. The summed E-state index contributed by atoms with van der Waals surface area (Å²) in [7, 11) is -3.58. The molecule has 0 fully saturated rings. The van der Waals surface area contributed by atoms with Gasteiger partial charge in [-0.05, 0) is 55.8 Å². The third-order valence-corrected chi connectivity index (χ3v) is 7.79. The van der Waals surface area contributed by atoms with E-state index >= 15 is 0 Å². The number of imidazole rings is 1.